The summed E-state index contributed by atoms with van der Waals surface area (Å²) in [5, 5.41) is 3.19. The maximum absolute atomic E-state index is 13.4. The number of carbonyl (C=O) groups excluding carboxylic acids is 1. The molecule has 11 heteroatoms. The molecule has 33 heavy (non-hydrogen) atoms. The molecule has 5 rings (SSSR count). The molecule has 0 bridgehead atoms. The standard InChI is InChI=1S/C22H25F5N4O2/c23-21(24)5-8-31(12-21)20(32)17-10-15(11-28-17)30-6-3-13(4-7-30)19-29-16-9-14(22(25,26)27)1-2-18(16)33-19/h1-2,9,13,15,17,28H,3-8,10-12H2/t15-,17-/m0/s1. The fraction of sp³-hybridized carbons (Fsp3) is 0.636. The first-order valence-electron chi connectivity index (χ1n) is 11.2. The molecule has 2 aromatic rings. The molecule has 3 saturated heterocycles. The van der Waals surface area contributed by atoms with Gasteiger partial charge in [-0.15, -0.1) is 0 Å². The molecule has 1 aromatic heterocycles. The Labute approximate surface area is 187 Å². The highest BCUT2D eigenvalue weighted by atomic mass is 19.4. The fourth-order valence-corrected chi connectivity index (χ4v) is 5.14. The number of rotatable bonds is 3. The number of alkyl halides is 5. The second kappa shape index (κ2) is 8.19. The molecule has 1 amide bonds. The second-order valence-electron chi connectivity index (χ2n) is 9.26. The zero-order valence-electron chi connectivity index (χ0n) is 17.9. The summed E-state index contributed by atoms with van der Waals surface area (Å²) in [6.07, 6.45) is -2.65. The molecular formula is C22H25F5N4O2. The van der Waals surface area contributed by atoms with Gasteiger partial charge in [-0.3, -0.25) is 9.69 Å². The van der Waals surface area contributed by atoms with Crippen LogP contribution in [0.15, 0.2) is 22.6 Å². The molecule has 1 N–H and O–H groups in total. The first-order valence-corrected chi connectivity index (χ1v) is 11.2. The lowest BCUT2D eigenvalue weighted by atomic mass is 9.95. The van der Waals surface area contributed by atoms with Crippen LogP contribution in [0.5, 0.6) is 0 Å². The van der Waals surface area contributed by atoms with Crippen molar-refractivity contribution in [1.29, 1.82) is 0 Å². The number of piperidine rings is 1. The van der Waals surface area contributed by atoms with Crippen molar-refractivity contribution in [2.24, 2.45) is 0 Å². The second-order valence-corrected chi connectivity index (χ2v) is 9.26. The monoisotopic (exact) mass is 472 g/mol. The van der Waals surface area contributed by atoms with E-state index in [9.17, 15) is 26.7 Å². The summed E-state index contributed by atoms with van der Waals surface area (Å²) < 4.78 is 71.4. The van der Waals surface area contributed by atoms with Crippen LogP contribution in [0.1, 0.15) is 43.1 Å². The number of carbonyl (C=O) groups is 1. The van der Waals surface area contributed by atoms with Gasteiger partial charge < -0.3 is 14.6 Å². The average molecular weight is 472 g/mol. The van der Waals surface area contributed by atoms with Crippen LogP contribution in [0.2, 0.25) is 0 Å². The van der Waals surface area contributed by atoms with Gasteiger partial charge in [0, 0.05) is 31.5 Å². The van der Waals surface area contributed by atoms with E-state index < -0.39 is 30.2 Å². The number of nitrogens with one attached hydrogen (secondary N) is 1. The Kier molecular flexibility index (Phi) is 5.59. The molecule has 1 aromatic carbocycles. The molecule has 0 aliphatic carbocycles. The Bertz CT molecular complexity index is 1030. The van der Waals surface area contributed by atoms with Crippen LogP contribution in [-0.2, 0) is 11.0 Å². The lowest BCUT2D eigenvalue weighted by molar-refractivity contribution is -0.137. The number of aromatic nitrogens is 1. The summed E-state index contributed by atoms with van der Waals surface area (Å²) in [6.45, 7) is 1.69. The maximum Gasteiger partial charge on any atom is 0.416 e. The molecule has 2 atom stereocenters. The molecule has 180 valence electrons. The van der Waals surface area contributed by atoms with Gasteiger partial charge in [0.25, 0.3) is 5.92 Å². The number of hydrogen-bond donors (Lipinski definition) is 1. The Balaban J connectivity index is 1.17. The van der Waals surface area contributed by atoms with E-state index in [0.717, 1.165) is 38.1 Å². The number of likely N-dealkylation sites (tertiary alicyclic amines) is 2. The van der Waals surface area contributed by atoms with Crippen molar-refractivity contribution in [3.8, 4) is 0 Å². The van der Waals surface area contributed by atoms with E-state index in [-0.39, 0.29) is 36.3 Å². The number of oxazole rings is 1. The van der Waals surface area contributed by atoms with E-state index in [4.69, 9.17) is 4.42 Å². The molecule has 6 nitrogen and oxygen atoms in total. The molecule has 4 heterocycles. The Morgan fingerprint density at radius 2 is 1.94 bits per heavy atom. The van der Waals surface area contributed by atoms with E-state index in [1.807, 2.05) is 0 Å². The summed E-state index contributed by atoms with van der Waals surface area (Å²) in [4.78, 5) is 20.4. The van der Waals surface area contributed by atoms with Crippen molar-refractivity contribution in [3.05, 3.63) is 29.7 Å². The summed E-state index contributed by atoms with van der Waals surface area (Å²) in [5.74, 6) is -2.58. The lowest BCUT2D eigenvalue weighted by Gasteiger charge is -2.34. The molecule has 3 aliphatic heterocycles. The smallest absolute Gasteiger partial charge is 0.416 e. The topological polar surface area (TPSA) is 61.6 Å². The zero-order valence-corrected chi connectivity index (χ0v) is 17.9. The van der Waals surface area contributed by atoms with Crippen LogP contribution < -0.4 is 5.32 Å². The Morgan fingerprint density at radius 1 is 1.18 bits per heavy atom. The molecule has 0 saturated carbocycles. The van der Waals surface area contributed by atoms with Crippen molar-refractivity contribution >= 4 is 17.0 Å². The van der Waals surface area contributed by atoms with Gasteiger partial charge in [-0.05, 0) is 50.6 Å². The fourth-order valence-electron chi connectivity index (χ4n) is 5.14. The van der Waals surface area contributed by atoms with E-state index in [1.165, 1.54) is 11.0 Å². The predicted octanol–water partition coefficient (Wildman–Crippen LogP) is 3.62. The number of fused-ring (bicyclic) bond motifs is 1. The van der Waals surface area contributed by atoms with Crippen LogP contribution in [0.3, 0.4) is 0 Å². The van der Waals surface area contributed by atoms with Crippen LogP contribution in [0.4, 0.5) is 22.0 Å². The van der Waals surface area contributed by atoms with Crippen LogP contribution in [0, 0.1) is 0 Å². The number of hydrogen-bond acceptors (Lipinski definition) is 5. The number of halogens is 5. The molecule has 3 aliphatic rings. The van der Waals surface area contributed by atoms with Crippen molar-refractivity contribution in [2.45, 2.75) is 55.8 Å². The summed E-state index contributed by atoms with van der Waals surface area (Å²) in [7, 11) is 0. The molecule has 3 fully saturated rings. The maximum atomic E-state index is 13.4. The summed E-state index contributed by atoms with van der Waals surface area (Å²) in [6, 6.07) is 3.01. The van der Waals surface area contributed by atoms with Gasteiger partial charge in [0.15, 0.2) is 11.5 Å². The summed E-state index contributed by atoms with van der Waals surface area (Å²) in [5.41, 5.74) is -0.203. The number of nitrogens with zero attached hydrogens (tertiary/aromatic N) is 3. The average Bonchev–Trinajstić information content (AvgIpc) is 3.50. The van der Waals surface area contributed by atoms with Crippen LogP contribution in [0.25, 0.3) is 11.1 Å². The molecule has 0 unspecified atom stereocenters. The van der Waals surface area contributed by atoms with Gasteiger partial charge in [-0.25, -0.2) is 13.8 Å². The summed E-state index contributed by atoms with van der Waals surface area (Å²) >= 11 is 0. The van der Waals surface area contributed by atoms with E-state index in [0.29, 0.717) is 24.4 Å². The number of benzene rings is 1. The van der Waals surface area contributed by atoms with Gasteiger partial charge in [-0.2, -0.15) is 13.2 Å². The Morgan fingerprint density at radius 3 is 2.61 bits per heavy atom. The normalized spacial score (nSPS) is 27.0. The highest BCUT2D eigenvalue weighted by Crippen LogP contribution is 2.35. The highest BCUT2D eigenvalue weighted by Gasteiger charge is 2.44. The van der Waals surface area contributed by atoms with Crippen molar-refractivity contribution in [2.75, 3.05) is 32.7 Å². The van der Waals surface area contributed by atoms with Gasteiger partial charge in [0.05, 0.1) is 18.2 Å². The predicted molar refractivity (Wildman–Crippen MR) is 109 cm³/mol. The van der Waals surface area contributed by atoms with Gasteiger partial charge in [0.2, 0.25) is 5.91 Å². The lowest BCUT2D eigenvalue weighted by Crippen LogP contribution is -2.43. The molecule has 0 spiro atoms. The molecule has 0 radical (unpaired) electrons. The third-order valence-corrected chi connectivity index (χ3v) is 7.01. The Hall–Kier alpha value is -2.27. The largest absolute Gasteiger partial charge is 0.440 e. The molecular weight excluding hydrogens is 447 g/mol. The quantitative estimate of drug-likeness (QED) is 0.692. The van der Waals surface area contributed by atoms with Gasteiger partial charge >= 0.3 is 6.18 Å². The minimum absolute atomic E-state index is 0.0154. The van der Waals surface area contributed by atoms with E-state index in [2.05, 4.69) is 15.2 Å². The van der Waals surface area contributed by atoms with Crippen molar-refractivity contribution < 1.29 is 31.2 Å². The minimum Gasteiger partial charge on any atom is -0.440 e. The van der Waals surface area contributed by atoms with Gasteiger partial charge in [-0.1, -0.05) is 0 Å². The first kappa shape index (κ1) is 22.5. The van der Waals surface area contributed by atoms with E-state index >= 15 is 0 Å². The third-order valence-electron chi connectivity index (χ3n) is 7.01. The van der Waals surface area contributed by atoms with Crippen LogP contribution in [-0.4, -0.2) is 71.4 Å². The highest BCUT2D eigenvalue weighted by molar-refractivity contribution is 5.82. The third kappa shape index (κ3) is 4.57. The van der Waals surface area contributed by atoms with Crippen LogP contribution >= 0.6 is 0 Å². The van der Waals surface area contributed by atoms with Crippen molar-refractivity contribution in [1.82, 2.24) is 20.1 Å². The zero-order chi connectivity index (χ0) is 23.4. The SMILES string of the molecule is O=C([C@@H]1C[C@H](N2CCC(c3nc4cc(C(F)(F)F)ccc4o3)CC2)CN1)N1CCC(F)(F)C1. The van der Waals surface area contributed by atoms with Gasteiger partial charge in [0.1, 0.15) is 5.52 Å². The minimum atomic E-state index is -4.43. The van der Waals surface area contributed by atoms with Crippen molar-refractivity contribution in [3.63, 3.8) is 0 Å². The number of amides is 1. The first-order chi connectivity index (χ1) is 15.6. The van der Waals surface area contributed by atoms with E-state index in [1.54, 1.807) is 0 Å².